The first kappa shape index (κ1) is 15.2. The number of carboxylic acid groups (broad SMARTS) is 1. The maximum Gasteiger partial charge on any atom is 0.308 e. The van der Waals surface area contributed by atoms with Crippen molar-refractivity contribution >= 4 is 11.9 Å². The molecule has 0 aliphatic carbocycles. The first-order valence-electron chi connectivity index (χ1n) is 7.39. The molecule has 6 nitrogen and oxygen atoms in total. The molecule has 120 valence electrons. The highest BCUT2D eigenvalue weighted by molar-refractivity contribution is 5.92. The van der Waals surface area contributed by atoms with Crippen LogP contribution in [0.2, 0.25) is 0 Å². The van der Waals surface area contributed by atoms with Crippen molar-refractivity contribution in [2.24, 2.45) is 5.92 Å². The Morgan fingerprint density at radius 1 is 1.26 bits per heavy atom. The summed E-state index contributed by atoms with van der Waals surface area (Å²) in [5.74, 6) is -2.19. The van der Waals surface area contributed by atoms with Crippen molar-refractivity contribution in [1.29, 1.82) is 0 Å². The predicted octanol–water partition coefficient (Wildman–Crippen LogP) is 1.95. The molecule has 0 saturated carbocycles. The van der Waals surface area contributed by atoms with Crippen molar-refractivity contribution in [3.05, 3.63) is 48.0 Å². The third-order valence-electron chi connectivity index (χ3n) is 3.97. The van der Waals surface area contributed by atoms with Gasteiger partial charge in [-0.1, -0.05) is 12.1 Å². The molecular weight excluding hydrogens is 301 g/mol. The molecule has 1 aliphatic rings. The molecule has 1 saturated heterocycles. The largest absolute Gasteiger partial charge is 0.481 e. The minimum absolute atomic E-state index is 0.180. The molecule has 23 heavy (non-hydrogen) atoms. The second-order valence-electron chi connectivity index (χ2n) is 5.53. The Morgan fingerprint density at radius 3 is 2.78 bits per heavy atom. The number of aromatic nitrogens is 2. The molecule has 1 aliphatic heterocycles. The second kappa shape index (κ2) is 6.20. The number of likely N-dealkylation sites (tertiary alicyclic amines) is 1. The average molecular weight is 317 g/mol. The van der Waals surface area contributed by atoms with Crippen LogP contribution in [0.3, 0.4) is 0 Å². The van der Waals surface area contributed by atoms with Crippen LogP contribution in [-0.4, -0.2) is 44.8 Å². The van der Waals surface area contributed by atoms with E-state index in [9.17, 15) is 14.0 Å². The van der Waals surface area contributed by atoms with Gasteiger partial charge in [-0.2, -0.15) is 5.10 Å². The number of piperidine rings is 1. The minimum atomic E-state index is -0.889. The van der Waals surface area contributed by atoms with Gasteiger partial charge >= 0.3 is 5.97 Å². The number of carbonyl (C=O) groups is 2. The van der Waals surface area contributed by atoms with Gasteiger partial charge in [0.25, 0.3) is 5.91 Å². The number of aliphatic carboxylic acids is 1. The molecule has 1 N–H and O–H groups in total. The zero-order chi connectivity index (χ0) is 16.4. The van der Waals surface area contributed by atoms with E-state index in [0.717, 1.165) is 0 Å². The van der Waals surface area contributed by atoms with Crippen LogP contribution in [-0.2, 0) is 4.79 Å². The van der Waals surface area contributed by atoms with E-state index in [0.29, 0.717) is 19.4 Å². The molecule has 1 atom stereocenters. The van der Waals surface area contributed by atoms with Crippen molar-refractivity contribution in [2.45, 2.75) is 12.8 Å². The topological polar surface area (TPSA) is 75.4 Å². The molecular formula is C16H16FN3O3. The Labute approximate surface area is 132 Å². The van der Waals surface area contributed by atoms with E-state index < -0.39 is 17.7 Å². The van der Waals surface area contributed by atoms with Crippen molar-refractivity contribution in [1.82, 2.24) is 14.7 Å². The maximum atomic E-state index is 13.8. The summed E-state index contributed by atoms with van der Waals surface area (Å²) in [5, 5.41) is 13.2. The van der Waals surface area contributed by atoms with Crippen molar-refractivity contribution < 1.29 is 19.1 Å². The summed E-state index contributed by atoms with van der Waals surface area (Å²) < 4.78 is 15.1. The molecule has 0 bridgehead atoms. The van der Waals surface area contributed by atoms with E-state index in [1.807, 2.05) is 0 Å². The summed E-state index contributed by atoms with van der Waals surface area (Å²) in [6.45, 7) is 0.690. The van der Waals surface area contributed by atoms with Gasteiger partial charge in [0.2, 0.25) is 0 Å². The molecule has 1 amide bonds. The molecule has 1 fully saturated rings. The highest BCUT2D eigenvalue weighted by atomic mass is 19.1. The highest BCUT2D eigenvalue weighted by Gasteiger charge is 2.29. The SMILES string of the molecule is O=C(O)[C@H]1CCCN(C(=O)c2ccn(-c3ccccc3F)n2)C1. The summed E-state index contributed by atoms with van der Waals surface area (Å²) in [4.78, 5) is 25.0. The second-order valence-corrected chi connectivity index (χ2v) is 5.53. The zero-order valence-electron chi connectivity index (χ0n) is 12.4. The number of benzene rings is 1. The number of hydrogen-bond donors (Lipinski definition) is 1. The van der Waals surface area contributed by atoms with Gasteiger partial charge < -0.3 is 10.0 Å². The summed E-state index contributed by atoms with van der Waals surface area (Å²) in [6.07, 6.45) is 2.74. The van der Waals surface area contributed by atoms with Gasteiger partial charge in [-0.15, -0.1) is 0 Å². The van der Waals surface area contributed by atoms with E-state index >= 15 is 0 Å². The Bertz CT molecular complexity index is 744. The number of para-hydroxylation sites is 1. The zero-order valence-corrected chi connectivity index (χ0v) is 12.4. The Hall–Kier alpha value is -2.70. The Balaban J connectivity index is 1.79. The summed E-state index contributed by atoms with van der Waals surface area (Å²) >= 11 is 0. The van der Waals surface area contributed by atoms with Crippen LogP contribution in [0, 0.1) is 11.7 Å². The van der Waals surface area contributed by atoms with Crippen LogP contribution < -0.4 is 0 Å². The third-order valence-corrected chi connectivity index (χ3v) is 3.97. The molecule has 1 aromatic carbocycles. The van der Waals surface area contributed by atoms with Crippen LogP contribution in [0.5, 0.6) is 0 Å². The van der Waals surface area contributed by atoms with Gasteiger partial charge in [0, 0.05) is 19.3 Å². The predicted molar refractivity (Wildman–Crippen MR) is 79.8 cm³/mol. The van der Waals surface area contributed by atoms with Crippen molar-refractivity contribution in [3.8, 4) is 5.69 Å². The summed E-state index contributed by atoms with van der Waals surface area (Å²) in [7, 11) is 0. The lowest BCUT2D eigenvalue weighted by Gasteiger charge is -2.30. The number of hydrogen-bond acceptors (Lipinski definition) is 3. The van der Waals surface area contributed by atoms with E-state index in [1.165, 1.54) is 27.9 Å². The van der Waals surface area contributed by atoms with Gasteiger partial charge in [0.05, 0.1) is 5.92 Å². The van der Waals surface area contributed by atoms with Gasteiger partial charge in [0.15, 0.2) is 5.69 Å². The normalized spacial score (nSPS) is 18.0. The van der Waals surface area contributed by atoms with Gasteiger partial charge in [-0.05, 0) is 31.0 Å². The number of nitrogens with zero attached hydrogens (tertiary/aromatic N) is 3. The lowest BCUT2D eigenvalue weighted by molar-refractivity contribution is -0.143. The van der Waals surface area contributed by atoms with E-state index in [2.05, 4.69) is 5.10 Å². The standard InChI is InChI=1S/C16H16FN3O3/c17-12-5-1-2-6-14(12)20-9-7-13(18-20)15(21)19-8-3-4-11(10-19)16(22)23/h1-2,5-7,9,11H,3-4,8,10H2,(H,22,23)/t11-/m0/s1. The smallest absolute Gasteiger partial charge is 0.308 e. The number of halogens is 1. The number of amides is 1. The molecule has 2 heterocycles. The fraction of sp³-hybridized carbons (Fsp3) is 0.312. The Kier molecular flexibility index (Phi) is 4.10. The van der Waals surface area contributed by atoms with Crippen molar-refractivity contribution in [2.75, 3.05) is 13.1 Å². The molecule has 0 spiro atoms. The molecule has 3 rings (SSSR count). The maximum absolute atomic E-state index is 13.8. The molecule has 2 aromatic rings. The van der Waals surface area contributed by atoms with E-state index in [1.54, 1.807) is 18.2 Å². The molecule has 0 unspecified atom stereocenters. The van der Waals surface area contributed by atoms with Crippen molar-refractivity contribution in [3.63, 3.8) is 0 Å². The number of rotatable bonds is 3. The highest BCUT2D eigenvalue weighted by Crippen LogP contribution is 2.19. The summed E-state index contributed by atoms with van der Waals surface area (Å²) in [6, 6.07) is 7.66. The van der Waals surface area contributed by atoms with E-state index in [-0.39, 0.29) is 23.8 Å². The Morgan fingerprint density at radius 2 is 2.04 bits per heavy atom. The lowest BCUT2D eigenvalue weighted by atomic mass is 9.98. The monoisotopic (exact) mass is 317 g/mol. The summed E-state index contributed by atoms with van der Waals surface area (Å²) in [5.41, 5.74) is 0.438. The molecule has 0 radical (unpaired) electrons. The van der Waals surface area contributed by atoms with Crippen LogP contribution in [0.25, 0.3) is 5.69 Å². The lowest BCUT2D eigenvalue weighted by Crippen LogP contribution is -2.42. The first-order chi connectivity index (χ1) is 11.1. The van der Waals surface area contributed by atoms with Gasteiger partial charge in [0.1, 0.15) is 11.5 Å². The number of carboxylic acids is 1. The fourth-order valence-corrected chi connectivity index (χ4v) is 2.73. The van der Waals surface area contributed by atoms with Crippen LogP contribution in [0.15, 0.2) is 36.5 Å². The third kappa shape index (κ3) is 3.08. The minimum Gasteiger partial charge on any atom is -0.481 e. The van der Waals surface area contributed by atoms with Crippen LogP contribution in [0.4, 0.5) is 4.39 Å². The number of carbonyl (C=O) groups excluding carboxylic acids is 1. The van der Waals surface area contributed by atoms with E-state index in [4.69, 9.17) is 5.11 Å². The van der Waals surface area contributed by atoms with Crippen LogP contribution in [0.1, 0.15) is 23.3 Å². The fourth-order valence-electron chi connectivity index (χ4n) is 2.73. The molecule has 1 aromatic heterocycles. The quantitative estimate of drug-likeness (QED) is 0.939. The van der Waals surface area contributed by atoms with Gasteiger partial charge in [-0.3, -0.25) is 9.59 Å². The first-order valence-corrected chi connectivity index (χ1v) is 7.39. The van der Waals surface area contributed by atoms with Crippen LogP contribution >= 0.6 is 0 Å². The average Bonchev–Trinajstić information content (AvgIpc) is 3.04. The molecule has 7 heteroatoms. The van der Waals surface area contributed by atoms with Gasteiger partial charge in [-0.25, -0.2) is 9.07 Å².